The number of halogens is 1. The smallest absolute Gasteiger partial charge is 0.239 e. The molecule has 0 bridgehead atoms. The minimum atomic E-state index is -0.00525. The first-order valence-corrected chi connectivity index (χ1v) is 5.78. The van der Waals surface area contributed by atoms with Crippen molar-refractivity contribution >= 4 is 23.2 Å². The number of benzene rings is 1. The number of carbonyl (C=O) groups is 1. The third-order valence-corrected chi connectivity index (χ3v) is 2.53. The van der Waals surface area contributed by atoms with E-state index < -0.39 is 0 Å². The van der Waals surface area contributed by atoms with Crippen molar-refractivity contribution < 1.29 is 4.79 Å². The summed E-state index contributed by atoms with van der Waals surface area (Å²) in [5.74, 6) is -0.00525. The standard InChI is InChI=1S/C12H17ClN2O/c1-3-9(2)15-12(16)8-14-11-6-4-5-10(13)7-11/h4-7,9,14H,3,8H2,1-2H3,(H,15,16). The van der Waals surface area contributed by atoms with Crippen LogP contribution in [0.1, 0.15) is 20.3 Å². The Kier molecular flexibility index (Phi) is 5.12. The van der Waals surface area contributed by atoms with Gasteiger partial charge in [0.25, 0.3) is 0 Å². The van der Waals surface area contributed by atoms with Crippen LogP contribution in [-0.2, 0) is 4.79 Å². The predicted octanol–water partition coefficient (Wildman–Crippen LogP) is 2.67. The first kappa shape index (κ1) is 12.8. The fourth-order valence-corrected chi connectivity index (χ4v) is 1.40. The molecule has 16 heavy (non-hydrogen) atoms. The fourth-order valence-electron chi connectivity index (χ4n) is 1.21. The molecule has 1 amide bonds. The van der Waals surface area contributed by atoms with Gasteiger partial charge >= 0.3 is 0 Å². The lowest BCUT2D eigenvalue weighted by Crippen LogP contribution is -2.36. The number of carbonyl (C=O) groups excluding carboxylic acids is 1. The number of nitrogens with one attached hydrogen (secondary N) is 2. The zero-order chi connectivity index (χ0) is 12.0. The van der Waals surface area contributed by atoms with E-state index in [1.54, 1.807) is 12.1 Å². The summed E-state index contributed by atoms with van der Waals surface area (Å²) in [4.78, 5) is 11.5. The highest BCUT2D eigenvalue weighted by atomic mass is 35.5. The summed E-state index contributed by atoms with van der Waals surface area (Å²) in [5.41, 5.74) is 0.854. The van der Waals surface area contributed by atoms with Gasteiger partial charge in [-0.05, 0) is 31.5 Å². The first-order chi connectivity index (χ1) is 7.61. The molecular weight excluding hydrogens is 224 g/mol. The molecule has 1 aromatic rings. The van der Waals surface area contributed by atoms with Crippen LogP contribution in [-0.4, -0.2) is 18.5 Å². The van der Waals surface area contributed by atoms with Crippen LogP contribution in [0.5, 0.6) is 0 Å². The van der Waals surface area contributed by atoms with E-state index in [2.05, 4.69) is 10.6 Å². The second-order valence-corrected chi connectivity index (χ2v) is 4.18. The van der Waals surface area contributed by atoms with Crippen molar-refractivity contribution in [3.8, 4) is 0 Å². The van der Waals surface area contributed by atoms with E-state index in [1.165, 1.54) is 0 Å². The molecule has 0 spiro atoms. The Morgan fingerprint density at radius 3 is 2.88 bits per heavy atom. The lowest BCUT2D eigenvalue weighted by atomic mass is 10.2. The number of rotatable bonds is 5. The highest BCUT2D eigenvalue weighted by Gasteiger charge is 2.04. The van der Waals surface area contributed by atoms with E-state index in [0.717, 1.165) is 12.1 Å². The van der Waals surface area contributed by atoms with Gasteiger partial charge < -0.3 is 10.6 Å². The molecule has 0 aliphatic heterocycles. The Morgan fingerprint density at radius 1 is 1.50 bits per heavy atom. The third kappa shape index (κ3) is 4.53. The van der Waals surface area contributed by atoms with Crippen molar-refractivity contribution in [1.82, 2.24) is 5.32 Å². The molecular formula is C12H17ClN2O. The molecule has 0 aliphatic rings. The Balaban J connectivity index is 2.37. The minimum Gasteiger partial charge on any atom is -0.376 e. The van der Waals surface area contributed by atoms with Gasteiger partial charge in [-0.3, -0.25) is 4.79 Å². The minimum absolute atomic E-state index is 0.00525. The summed E-state index contributed by atoms with van der Waals surface area (Å²) in [6, 6.07) is 7.53. The Hall–Kier alpha value is -1.22. The van der Waals surface area contributed by atoms with Gasteiger partial charge in [0.1, 0.15) is 0 Å². The molecule has 0 fully saturated rings. The molecule has 0 heterocycles. The molecule has 0 saturated carbocycles. The summed E-state index contributed by atoms with van der Waals surface area (Å²) in [6.45, 7) is 4.29. The van der Waals surface area contributed by atoms with Gasteiger partial charge in [0.05, 0.1) is 6.54 Å². The van der Waals surface area contributed by atoms with Gasteiger partial charge in [-0.15, -0.1) is 0 Å². The van der Waals surface area contributed by atoms with Crippen LogP contribution < -0.4 is 10.6 Å². The third-order valence-electron chi connectivity index (χ3n) is 2.30. The Morgan fingerprint density at radius 2 is 2.25 bits per heavy atom. The SMILES string of the molecule is CCC(C)NC(=O)CNc1cccc(Cl)c1. The van der Waals surface area contributed by atoms with Gasteiger partial charge in [-0.2, -0.15) is 0 Å². The summed E-state index contributed by atoms with van der Waals surface area (Å²) >= 11 is 5.83. The normalized spacial score (nSPS) is 11.9. The summed E-state index contributed by atoms with van der Waals surface area (Å²) < 4.78 is 0. The molecule has 0 radical (unpaired) electrons. The van der Waals surface area contributed by atoms with Gasteiger partial charge in [-0.1, -0.05) is 24.6 Å². The predicted molar refractivity (Wildman–Crippen MR) is 67.8 cm³/mol. The average Bonchev–Trinajstić information content (AvgIpc) is 2.26. The van der Waals surface area contributed by atoms with Crippen molar-refractivity contribution in [2.75, 3.05) is 11.9 Å². The number of anilines is 1. The summed E-state index contributed by atoms with van der Waals surface area (Å²) in [6.07, 6.45) is 0.933. The van der Waals surface area contributed by atoms with Crippen LogP contribution in [0.3, 0.4) is 0 Å². The monoisotopic (exact) mass is 240 g/mol. The van der Waals surface area contributed by atoms with E-state index in [9.17, 15) is 4.79 Å². The van der Waals surface area contributed by atoms with Gasteiger partial charge in [0, 0.05) is 16.8 Å². The van der Waals surface area contributed by atoms with E-state index in [-0.39, 0.29) is 18.5 Å². The van der Waals surface area contributed by atoms with Crippen molar-refractivity contribution in [3.05, 3.63) is 29.3 Å². The number of amides is 1. The summed E-state index contributed by atoms with van der Waals surface area (Å²) in [5, 5.41) is 6.56. The van der Waals surface area contributed by atoms with Crippen LogP contribution in [0.15, 0.2) is 24.3 Å². The quantitative estimate of drug-likeness (QED) is 0.831. The maximum Gasteiger partial charge on any atom is 0.239 e. The number of hydrogen-bond donors (Lipinski definition) is 2. The second-order valence-electron chi connectivity index (χ2n) is 3.74. The highest BCUT2D eigenvalue weighted by Crippen LogP contribution is 2.14. The Bertz CT molecular complexity index is 355. The maximum atomic E-state index is 11.5. The summed E-state index contributed by atoms with van der Waals surface area (Å²) in [7, 11) is 0. The molecule has 1 aromatic carbocycles. The van der Waals surface area contributed by atoms with Crippen LogP contribution >= 0.6 is 11.6 Å². The lowest BCUT2D eigenvalue weighted by Gasteiger charge is -2.12. The van der Waals surface area contributed by atoms with E-state index in [4.69, 9.17) is 11.6 Å². The highest BCUT2D eigenvalue weighted by molar-refractivity contribution is 6.30. The molecule has 88 valence electrons. The second kappa shape index (κ2) is 6.38. The van der Waals surface area contributed by atoms with Gasteiger partial charge in [0.15, 0.2) is 0 Å². The molecule has 2 N–H and O–H groups in total. The molecule has 0 aromatic heterocycles. The lowest BCUT2D eigenvalue weighted by molar-refractivity contribution is -0.120. The molecule has 4 heteroatoms. The molecule has 1 atom stereocenters. The topological polar surface area (TPSA) is 41.1 Å². The van der Waals surface area contributed by atoms with E-state index >= 15 is 0 Å². The molecule has 1 rings (SSSR count). The first-order valence-electron chi connectivity index (χ1n) is 5.40. The van der Waals surface area contributed by atoms with Crippen LogP contribution in [0.2, 0.25) is 5.02 Å². The van der Waals surface area contributed by atoms with Crippen LogP contribution in [0.4, 0.5) is 5.69 Å². The zero-order valence-corrected chi connectivity index (χ0v) is 10.3. The maximum absolute atomic E-state index is 11.5. The van der Waals surface area contributed by atoms with Crippen molar-refractivity contribution in [1.29, 1.82) is 0 Å². The Labute approximate surface area is 101 Å². The van der Waals surface area contributed by atoms with Crippen LogP contribution in [0.25, 0.3) is 0 Å². The molecule has 3 nitrogen and oxygen atoms in total. The van der Waals surface area contributed by atoms with Crippen molar-refractivity contribution in [3.63, 3.8) is 0 Å². The van der Waals surface area contributed by atoms with Gasteiger partial charge in [-0.25, -0.2) is 0 Å². The van der Waals surface area contributed by atoms with E-state index in [1.807, 2.05) is 26.0 Å². The molecule has 0 aliphatic carbocycles. The van der Waals surface area contributed by atoms with E-state index in [0.29, 0.717) is 5.02 Å². The van der Waals surface area contributed by atoms with Crippen LogP contribution in [0, 0.1) is 0 Å². The van der Waals surface area contributed by atoms with Crippen molar-refractivity contribution in [2.45, 2.75) is 26.3 Å². The number of hydrogen-bond acceptors (Lipinski definition) is 2. The average molecular weight is 241 g/mol. The zero-order valence-electron chi connectivity index (χ0n) is 9.59. The molecule has 1 unspecified atom stereocenters. The van der Waals surface area contributed by atoms with Crippen molar-refractivity contribution in [2.24, 2.45) is 0 Å². The fraction of sp³-hybridized carbons (Fsp3) is 0.417. The molecule has 0 saturated heterocycles. The van der Waals surface area contributed by atoms with Gasteiger partial charge in [0.2, 0.25) is 5.91 Å². The largest absolute Gasteiger partial charge is 0.376 e.